The van der Waals surface area contributed by atoms with E-state index in [1.165, 1.54) is 35.5 Å². The van der Waals surface area contributed by atoms with Gasteiger partial charge in [-0.1, -0.05) is 44.2 Å². The van der Waals surface area contributed by atoms with Gasteiger partial charge in [-0.25, -0.2) is 4.98 Å². The second kappa shape index (κ2) is 34.4. The lowest BCUT2D eigenvalue weighted by molar-refractivity contribution is -0.142. The van der Waals surface area contributed by atoms with Crippen LogP contribution in [0.5, 0.6) is 5.75 Å². The van der Waals surface area contributed by atoms with Crippen LogP contribution >= 0.6 is 0 Å². The lowest BCUT2D eigenvalue weighted by atomic mass is 10.00. The van der Waals surface area contributed by atoms with E-state index < -0.39 is 121 Å². The van der Waals surface area contributed by atoms with Crippen molar-refractivity contribution in [2.45, 2.75) is 152 Å². The van der Waals surface area contributed by atoms with Gasteiger partial charge in [0.25, 0.3) is 0 Å². The molecule has 10 amide bonds. The highest BCUT2D eigenvalue weighted by Crippen LogP contribution is 2.22. The Morgan fingerprint density at radius 3 is 2.08 bits per heavy atom. The lowest BCUT2D eigenvalue weighted by Crippen LogP contribution is -2.60. The summed E-state index contributed by atoms with van der Waals surface area (Å²) in [5, 5.41) is 57.0. The number of phenolic OH excluding ortho intramolecular Hbond substituents is 1. The Labute approximate surface area is 514 Å². The number of para-hydroxylation sites is 1. The van der Waals surface area contributed by atoms with Crippen molar-refractivity contribution < 1.29 is 58.2 Å². The summed E-state index contributed by atoms with van der Waals surface area (Å²) in [6.07, 6.45) is 7.03. The maximum absolute atomic E-state index is 14.7. The highest BCUT2D eigenvalue weighted by molar-refractivity contribution is 5.98. The molecule has 2 fully saturated rings. The molecule has 2 aliphatic rings. The topological polar surface area (TPSA) is 481 Å². The molecule has 30 heteroatoms. The van der Waals surface area contributed by atoms with E-state index in [1.807, 2.05) is 38.1 Å². The summed E-state index contributed by atoms with van der Waals surface area (Å²) >= 11 is 0. The first kappa shape index (κ1) is 68.9. The number of primary amides is 1. The molecule has 89 heavy (non-hydrogen) atoms. The molecule has 2 aromatic carbocycles. The van der Waals surface area contributed by atoms with Gasteiger partial charge in [-0.2, -0.15) is 0 Å². The fourth-order valence-corrected chi connectivity index (χ4v) is 10.7. The number of guanidine groups is 1. The van der Waals surface area contributed by atoms with Gasteiger partial charge in [0.15, 0.2) is 5.96 Å². The maximum atomic E-state index is 14.7. The number of likely N-dealkylation sites (tertiary alicyclic amines) is 1. The van der Waals surface area contributed by atoms with Gasteiger partial charge in [0.1, 0.15) is 54.1 Å². The molecule has 2 saturated heterocycles. The Kier molecular flexibility index (Phi) is 26.6. The molecule has 0 radical (unpaired) electrons. The average Bonchev–Trinajstić information content (AvgIpc) is 3.23. The Morgan fingerprint density at radius 1 is 0.742 bits per heavy atom. The first-order chi connectivity index (χ1) is 42.6. The molecule has 9 atom stereocenters. The van der Waals surface area contributed by atoms with Gasteiger partial charge in [0.05, 0.1) is 25.2 Å². The molecule has 484 valence electrons. The molecular formula is C59H86N18O12. The number of aromatic nitrogens is 3. The number of unbranched alkanes of at least 4 members (excludes halogenated alkanes) is 1. The standard InChI is InChI=1S/C59H86N18O12/c1-33(2)23-44(54(85)73-43(12-7-21-65-59(62)63)58(89)77-22-8-13-48(77)57(88)68-30-49(61)80)74-51(82)41(11-5-6-20-60)72-55(86)45(24-34-14-16-38(79)17-15-34)75-56(87)47(31-78)67-29-37(25-35-27-66-40-10-4-3-9-39(35)40)70-53(84)46(26-36-28-64-32-69-36)76-52(83)42-18-19-50(81)71-42/h3-4,9-10,14-17,27-28,32-33,37,41-48,66-67,78-79H,5-8,11-13,18-26,29-31,60H2,1-2H3,(H2,61,80)(H,64,69)(H,68,88)(H,70,84)(H,71,81)(H,72,86)(H,73,85)(H,74,82)(H,75,87)(H,76,83)(H4,62,63,65)/t37-,41+,42-,43-,44-,45-,46-,47-,48-/m0/s1. The number of hydrogen-bond acceptors (Lipinski definition) is 16. The zero-order valence-electron chi connectivity index (χ0n) is 50.2. The summed E-state index contributed by atoms with van der Waals surface area (Å²) in [7, 11) is 0. The van der Waals surface area contributed by atoms with Crippen LogP contribution in [0, 0.1) is 11.3 Å². The van der Waals surface area contributed by atoms with Gasteiger partial charge >= 0.3 is 0 Å². The largest absolute Gasteiger partial charge is 0.508 e. The number of rotatable bonds is 36. The number of imidazole rings is 1. The molecule has 2 aromatic heterocycles. The van der Waals surface area contributed by atoms with Crippen LogP contribution in [0.25, 0.3) is 10.9 Å². The Balaban J connectivity index is 1.21. The summed E-state index contributed by atoms with van der Waals surface area (Å²) in [6.45, 7) is 2.82. The second-order valence-corrected chi connectivity index (χ2v) is 22.8. The smallest absolute Gasteiger partial charge is 0.245 e. The summed E-state index contributed by atoms with van der Waals surface area (Å²) in [5.41, 5.74) is 19.1. The monoisotopic (exact) mass is 1240 g/mol. The van der Waals surface area contributed by atoms with Crippen molar-refractivity contribution in [3.05, 3.63) is 84.1 Å². The fraction of sp³-hybridized carbons (Fsp3) is 0.525. The molecule has 0 unspecified atom stereocenters. The number of carbonyl (C=O) groups is 10. The van der Waals surface area contributed by atoms with Crippen LogP contribution in [0.15, 0.2) is 67.3 Å². The van der Waals surface area contributed by atoms with E-state index in [-0.39, 0.29) is 114 Å². The number of nitrogens with two attached hydrogens (primary N) is 3. The number of amides is 10. The minimum atomic E-state index is -1.43. The molecule has 4 aromatic rings. The highest BCUT2D eigenvalue weighted by Gasteiger charge is 2.40. The lowest BCUT2D eigenvalue weighted by Gasteiger charge is -2.31. The number of aliphatic hydroxyl groups is 1. The van der Waals surface area contributed by atoms with Crippen molar-refractivity contribution in [1.29, 1.82) is 5.41 Å². The SMILES string of the molecule is CC(C)C[C@H](NC(=O)[C@@H](CCCCN)NC(=O)[C@H](Cc1ccc(O)cc1)NC(=O)[C@H](CO)NC[C@H](Cc1c[nH]c2ccccc12)NC(=O)[C@H](Cc1c[nH]cn1)NC(=O)[C@@H]1CCC(=O)N1)C(=O)N[C@@H](CCCNC(=N)N)C(=O)N1CCC[C@H]1C(=O)NCC(N)=O. The molecule has 4 heterocycles. The molecule has 0 aliphatic carbocycles. The third kappa shape index (κ3) is 21.6. The molecule has 0 saturated carbocycles. The zero-order valence-corrected chi connectivity index (χ0v) is 50.2. The van der Waals surface area contributed by atoms with Gasteiger partial charge in [-0.15, -0.1) is 0 Å². The fourth-order valence-electron chi connectivity index (χ4n) is 10.7. The van der Waals surface area contributed by atoms with Crippen LogP contribution in [-0.4, -0.2) is 189 Å². The number of fused-ring (bicyclic) bond motifs is 1. The van der Waals surface area contributed by atoms with Gasteiger partial charge in [-0.3, -0.25) is 53.4 Å². The Bertz CT molecular complexity index is 3070. The third-order valence-corrected chi connectivity index (χ3v) is 15.3. The number of nitrogens with one attached hydrogen (secondary N) is 13. The molecule has 21 N–H and O–H groups in total. The third-order valence-electron chi connectivity index (χ3n) is 15.3. The van der Waals surface area contributed by atoms with E-state index in [2.05, 4.69) is 68.1 Å². The van der Waals surface area contributed by atoms with E-state index in [4.69, 9.17) is 22.6 Å². The molecule has 0 bridgehead atoms. The predicted octanol–water partition coefficient (Wildman–Crippen LogP) is -3.21. The van der Waals surface area contributed by atoms with Crippen molar-refractivity contribution in [2.75, 3.05) is 39.3 Å². The van der Waals surface area contributed by atoms with E-state index >= 15 is 0 Å². The number of H-pyrrole nitrogens is 2. The van der Waals surface area contributed by atoms with Gasteiger partial charge < -0.3 is 95.4 Å². The van der Waals surface area contributed by atoms with E-state index in [0.29, 0.717) is 30.5 Å². The number of carbonyl (C=O) groups excluding carboxylic acids is 10. The van der Waals surface area contributed by atoms with Crippen molar-refractivity contribution in [2.24, 2.45) is 23.1 Å². The predicted molar refractivity (Wildman–Crippen MR) is 326 cm³/mol. The number of nitrogens with zero attached hydrogens (tertiary/aromatic N) is 2. The summed E-state index contributed by atoms with van der Waals surface area (Å²) in [5.74, 6) is -7.23. The van der Waals surface area contributed by atoms with Crippen molar-refractivity contribution in [1.82, 2.24) is 73.0 Å². The molecule has 30 nitrogen and oxygen atoms in total. The van der Waals surface area contributed by atoms with Crippen LogP contribution in [0.4, 0.5) is 0 Å². The normalized spacial score (nSPS) is 17.0. The van der Waals surface area contributed by atoms with Crippen LogP contribution in [0.2, 0.25) is 0 Å². The highest BCUT2D eigenvalue weighted by atomic mass is 16.3. The van der Waals surface area contributed by atoms with Crippen molar-refractivity contribution in [3.63, 3.8) is 0 Å². The molecule has 6 rings (SSSR count). The van der Waals surface area contributed by atoms with Crippen molar-refractivity contribution in [3.8, 4) is 5.75 Å². The number of phenols is 1. The minimum absolute atomic E-state index is 0.0246. The number of hydrogen-bond donors (Lipinski definition) is 18. The zero-order chi connectivity index (χ0) is 64.6. The van der Waals surface area contributed by atoms with E-state index in [1.54, 1.807) is 12.4 Å². The Hall–Kier alpha value is -9.16. The minimum Gasteiger partial charge on any atom is -0.508 e. The van der Waals surface area contributed by atoms with Crippen LogP contribution in [0.3, 0.4) is 0 Å². The first-order valence-corrected chi connectivity index (χ1v) is 30.0. The molecular weight excluding hydrogens is 1150 g/mol. The van der Waals surface area contributed by atoms with Gasteiger partial charge in [0.2, 0.25) is 59.1 Å². The summed E-state index contributed by atoms with van der Waals surface area (Å²) < 4.78 is 0. The quantitative estimate of drug-likeness (QED) is 0.0121. The Morgan fingerprint density at radius 2 is 1.40 bits per heavy atom. The summed E-state index contributed by atoms with van der Waals surface area (Å²) in [4.78, 5) is 149. The molecule has 0 spiro atoms. The number of aliphatic hydroxyl groups excluding tert-OH is 1. The van der Waals surface area contributed by atoms with Crippen LogP contribution in [-0.2, 0) is 67.2 Å². The van der Waals surface area contributed by atoms with Gasteiger partial charge in [-0.05, 0) is 106 Å². The average molecular weight is 1240 g/mol. The van der Waals surface area contributed by atoms with Crippen LogP contribution in [0.1, 0.15) is 94.9 Å². The number of aromatic hydroxyl groups is 1. The maximum Gasteiger partial charge on any atom is 0.245 e. The van der Waals surface area contributed by atoms with Gasteiger partial charge in [0, 0.05) is 68.2 Å². The van der Waals surface area contributed by atoms with Crippen molar-refractivity contribution >= 4 is 75.9 Å². The second-order valence-electron chi connectivity index (χ2n) is 22.8. The molecule has 2 aliphatic heterocycles. The summed E-state index contributed by atoms with van der Waals surface area (Å²) in [6, 6.07) is 2.89. The van der Waals surface area contributed by atoms with E-state index in [0.717, 1.165) is 16.5 Å². The van der Waals surface area contributed by atoms with E-state index in [9.17, 15) is 58.2 Å². The number of aromatic amines is 2. The number of benzene rings is 2. The van der Waals surface area contributed by atoms with Crippen LogP contribution < -0.4 is 70.4 Å². The first-order valence-electron chi connectivity index (χ1n) is 30.0.